The Hall–Kier alpha value is -3.92. The van der Waals surface area contributed by atoms with E-state index < -0.39 is 44.1 Å². The summed E-state index contributed by atoms with van der Waals surface area (Å²) in [5.74, 6) is -2.82. The summed E-state index contributed by atoms with van der Waals surface area (Å²) in [6.45, 7) is 6.88. The van der Waals surface area contributed by atoms with Crippen molar-refractivity contribution in [2.45, 2.75) is 56.2 Å². The van der Waals surface area contributed by atoms with Gasteiger partial charge in [0.25, 0.3) is 11.8 Å². The van der Waals surface area contributed by atoms with Crippen molar-refractivity contribution in [1.29, 1.82) is 0 Å². The Labute approximate surface area is 266 Å². The number of nitrogens with zero attached hydrogens (tertiary/aromatic N) is 4. The number of ether oxygens (including phenoxy) is 1. The lowest BCUT2D eigenvalue weighted by atomic mass is 10.0. The highest BCUT2D eigenvalue weighted by atomic mass is 32.2. The van der Waals surface area contributed by atoms with Gasteiger partial charge in [0.05, 0.1) is 27.4 Å². The van der Waals surface area contributed by atoms with Gasteiger partial charge in [0.1, 0.15) is 17.7 Å². The van der Waals surface area contributed by atoms with Crippen LogP contribution in [0.3, 0.4) is 0 Å². The number of sulfonamides is 1. The lowest BCUT2D eigenvalue weighted by molar-refractivity contribution is -0.129. The molecule has 0 bridgehead atoms. The van der Waals surface area contributed by atoms with Crippen LogP contribution in [0.2, 0.25) is 0 Å². The van der Waals surface area contributed by atoms with Crippen LogP contribution in [-0.4, -0.2) is 85.6 Å². The topological polar surface area (TPSA) is 140 Å². The standard InChI is InChI=1S/C31H37F2N7O5S/c1-31(2)27-24(18-40(31)46(43,44)22-15-19(32)14-20(33)16-22)28(37-36-27)35-29(41)23-8-7-21(39-11-9-38(3)10-12-39)17-25(23)34-30(42)26-6-4-5-13-45-26/h7-8,14-17,26H,4-6,9-13,18H2,1-3H3,(H,34,42)(H2,35,36,37,41). The number of piperazine rings is 1. The molecule has 46 heavy (non-hydrogen) atoms. The highest BCUT2D eigenvalue weighted by Crippen LogP contribution is 2.44. The maximum atomic E-state index is 13.9. The normalized spacial score (nSPS) is 20.4. The van der Waals surface area contributed by atoms with E-state index in [9.17, 15) is 26.8 Å². The number of hydrogen-bond donors (Lipinski definition) is 3. The molecule has 0 spiro atoms. The second-order valence-corrected chi connectivity index (χ2v) is 14.3. The number of carbonyl (C=O) groups is 2. The molecule has 2 aromatic carbocycles. The number of anilines is 3. The fourth-order valence-corrected chi connectivity index (χ4v) is 7.98. The molecule has 12 nitrogen and oxygen atoms in total. The predicted octanol–water partition coefficient (Wildman–Crippen LogP) is 3.64. The van der Waals surface area contributed by atoms with E-state index in [-0.39, 0.29) is 23.8 Å². The number of aromatic amines is 1. The molecule has 1 unspecified atom stereocenters. The lowest BCUT2D eigenvalue weighted by Crippen LogP contribution is -2.44. The van der Waals surface area contributed by atoms with Gasteiger partial charge in [0.2, 0.25) is 10.0 Å². The third kappa shape index (κ3) is 6.11. The zero-order chi connectivity index (χ0) is 32.8. The van der Waals surface area contributed by atoms with E-state index in [1.807, 2.05) is 6.07 Å². The summed E-state index contributed by atoms with van der Waals surface area (Å²) in [7, 11) is -2.29. The smallest absolute Gasteiger partial charge is 0.258 e. The number of hydrogen-bond acceptors (Lipinski definition) is 8. The Morgan fingerprint density at radius 3 is 2.41 bits per heavy atom. The average Bonchev–Trinajstić information content (AvgIpc) is 3.55. The van der Waals surface area contributed by atoms with E-state index in [1.165, 1.54) is 0 Å². The van der Waals surface area contributed by atoms with E-state index in [2.05, 4.69) is 37.7 Å². The fraction of sp³-hybridized carbons (Fsp3) is 0.452. The first-order valence-electron chi connectivity index (χ1n) is 15.2. The molecular formula is C31H37F2N7O5S. The Morgan fingerprint density at radius 1 is 1.02 bits per heavy atom. The van der Waals surface area contributed by atoms with Gasteiger partial charge in [0.15, 0.2) is 5.82 Å². The first kappa shape index (κ1) is 32.0. The van der Waals surface area contributed by atoms with E-state index in [0.29, 0.717) is 36.0 Å². The Kier molecular flexibility index (Phi) is 8.61. The maximum Gasteiger partial charge on any atom is 0.258 e. The minimum atomic E-state index is -4.35. The highest BCUT2D eigenvalue weighted by molar-refractivity contribution is 7.89. The number of benzene rings is 2. The van der Waals surface area contributed by atoms with Crippen molar-refractivity contribution in [2.24, 2.45) is 0 Å². The molecule has 6 rings (SSSR count). The highest BCUT2D eigenvalue weighted by Gasteiger charge is 2.48. The predicted molar refractivity (Wildman–Crippen MR) is 167 cm³/mol. The molecule has 2 amide bonds. The summed E-state index contributed by atoms with van der Waals surface area (Å²) in [5, 5.41) is 12.8. The molecule has 0 aliphatic carbocycles. The van der Waals surface area contributed by atoms with Gasteiger partial charge in [-0.25, -0.2) is 17.2 Å². The van der Waals surface area contributed by atoms with Crippen LogP contribution in [0.25, 0.3) is 0 Å². The van der Waals surface area contributed by atoms with E-state index >= 15 is 0 Å². The minimum Gasteiger partial charge on any atom is -0.369 e. The Morgan fingerprint density at radius 2 is 1.74 bits per heavy atom. The number of rotatable bonds is 7. The number of halogens is 2. The second kappa shape index (κ2) is 12.4. The summed E-state index contributed by atoms with van der Waals surface area (Å²) >= 11 is 0. The lowest BCUT2D eigenvalue weighted by Gasteiger charge is -2.34. The summed E-state index contributed by atoms with van der Waals surface area (Å²) in [5.41, 5.74) is 1.02. The van der Waals surface area contributed by atoms with Crippen molar-refractivity contribution < 1.29 is 31.5 Å². The molecule has 3 aromatic rings. The van der Waals surface area contributed by atoms with Crippen molar-refractivity contribution in [3.8, 4) is 0 Å². The average molecular weight is 658 g/mol. The van der Waals surface area contributed by atoms with E-state index in [4.69, 9.17) is 4.74 Å². The Bertz CT molecular complexity index is 1750. The van der Waals surface area contributed by atoms with Gasteiger partial charge in [0, 0.05) is 56.6 Å². The Balaban J connectivity index is 1.27. The number of nitrogens with one attached hydrogen (secondary N) is 3. The molecule has 3 aliphatic heterocycles. The minimum absolute atomic E-state index is 0.104. The van der Waals surface area contributed by atoms with Crippen molar-refractivity contribution >= 4 is 39.0 Å². The number of carbonyl (C=O) groups excluding carboxylic acids is 2. The summed E-state index contributed by atoms with van der Waals surface area (Å²) in [6, 6.07) is 7.39. The van der Waals surface area contributed by atoms with Crippen molar-refractivity contribution in [1.82, 2.24) is 19.4 Å². The monoisotopic (exact) mass is 657 g/mol. The van der Waals surface area contributed by atoms with Crippen molar-refractivity contribution in [2.75, 3.05) is 55.4 Å². The van der Waals surface area contributed by atoms with Crippen LogP contribution in [0.4, 0.5) is 26.0 Å². The van der Waals surface area contributed by atoms with Crippen LogP contribution >= 0.6 is 0 Å². The molecule has 2 saturated heterocycles. The van der Waals surface area contributed by atoms with Crippen LogP contribution in [0.5, 0.6) is 0 Å². The summed E-state index contributed by atoms with van der Waals surface area (Å²) in [4.78, 5) is 30.9. The van der Waals surface area contributed by atoms with Gasteiger partial charge in [-0.05, 0) is 70.5 Å². The number of aromatic nitrogens is 2. The molecule has 0 radical (unpaired) electrons. The van der Waals surface area contributed by atoms with Gasteiger partial charge in [-0.1, -0.05) is 0 Å². The first-order chi connectivity index (χ1) is 21.8. The molecule has 15 heteroatoms. The summed E-state index contributed by atoms with van der Waals surface area (Å²) in [6.07, 6.45) is 1.73. The molecule has 1 aromatic heterocycles. The van der Waals surface area contributed by atoms with Gasteiger partial charge in [-0.2, -0.15) is 9.40 Å². The zero-order valence-corrected chi connectivity index (χ0v) is 26.7. The zero-order valence-electron chi connectivity index (χ0n) is 25.9. The van der Waals surface area contributed by atoms with Gasteiger partial charge < -0.3 is 25.2 Å². The number of likely N-dealkylation sites (N-methyl/N-ethyl adjacent to an activating group) is 1. The quantitative estimate of drug-likeness (QED) is 0.350. The first-order valence-corrected chi connectivity index (χ1v) is 16.7. The van der Waals surface area contributed by atoms with E-state index in [1.54, 1.807) is 26.0 Å². The molecule has 0 saturated carbocycles. The fourth-order valence-electron chi connectivity index (χ4n) is 6.22. The van der Waals surface area contributed by atoms with Crippen LogP contribution < -0.4 is 15.5 Å². The van der Waals surface area contributed by atoms with Crippen molar-refractivity contribution in [3.63, 3.8) is 0 Å². The van der Waals surface area contributed by atoms with Crippen LogP contribution in [0, 0.1) is 11.6 Å². The second-order valence-electron chi connectivity index (χ2n) is 12.4. The molecule has 2 fully saturated rings. The molecule has 3 N–H and O–H groups in total. The summed E-state index contributed by atoms with van der Waals surface area (Å²) < 4.78 is 61.8. The van der Waals surface area contributed by atoms with Gasteiger partial charge >= 0.3 is 0 Å². The largest absolute Gasteiger partial charge is 0.369 e. The van der Waals surface area contributed by atoms with E-state index in [0.717, 1.165) is 61.1 Å². The number of amides is 2. The molecule has 246 valence electrons. The maximum absolute atomic E-state index is 13.9. The third-order valence-corrected chi connectivity index (χ3v) is 10.9. The molecule has 4 heterocycles. The molecular weight excluding hydrogens is 620 g/mol. The number of H-pyrrole nitrogens is 1. The SMILES string of the molecule is CN1CCN(c2ccc(C(=O)Nc3n[nH]c4c3CN(S(=O)(=O)c3cc(F)cc(F)c3)C4(C)C)c(NC(=O)C3CCCCO3)c2)CC1. The van der Waals surface area contributed by atoms with Gasteiger partial charge in [-0.3, -0.25) is 14.7 Å². The number of fused-ring (bicyclic) bond motifs is 1. The van der Waals surface area contributed by atoms with Gasteiger partial charge in [-0.15, -0.1) is 0 Å². The molecule has 1 atom stereocenters. The van der Waals surface area contributed by atoms with Crippen LogP contribution in [-0.2, 0) is 31.6 Å². The third-order valence-electron chi connectivity index (χ3n) is 8.91. The molecule has 3 aliphatic rings. The van der Waals surface area contributed by atoms with Crippen LogP contribution in [0.1, 0.15) is 54.7 Å². The van der Waals surface area contributed by atoms with Crippen molar-refractivity contribution in [3.05, 3.63) is 64.9 Å². The van der Waals surface area contributed by atoms with Crippen LogP contribution in [0.15, 0.2) is 41.3 Å².